The van der Waals surface area contributed by atoms with Crippen LogP contribution in [-0.2, 0) is 0 Å². The maximum Gasteiger partial charge on any atom is 0.136 e. The van der Waals surface area contributed by atoms with Crippen LogP contribution in [0.1, 0.15) is 19.4 Å². The molecule has 18 heavy (non-hydrogen) atoms. The van der Waals surface area contributed by atoms with Crippen LogP contribution in [0, 0.1) is 5.92 Å². The van der Waals surface area contributed by atoms with E-state index >= 15 is 0 Å². The minimum atomic E-state index is 0.375. The molecule has 0 saturated carbocycles. The number of hydrogen-bond acceptors (Lipinski definition) is 3. The van der Waals surface area contributed by atoms with E-state index < -0.39 is 0 Å². The topological polar surface area (TPSA) is 50.9 Å². The molecule has 1 heterocycles. The number of pyridine rings is 1. The molecule has 1 aromatic carbocycles. The highest BCUT2D eigenvalue weighted by molar-refractivity contribution is 7.80. The van der Waals surface area contributed by atoms with Crippen LogP contribution in [0.3, 0.4) is 0 Å². The standard InChI is InChI=1S/C14H17N3S/c1-9(2)8-16-14-11(13(15)18)7-10-5-3-4-6-12(10)17-14/h3-7,9H,8H2,1-2H3,(H2,15,18)(H,16,17). The number of nitrogens with one attached hydrogen (secondary N) is 1. The third-order valence-corrected chi connectivity index (χ3v) is 2.89. The lowest BCUT2D eigenvalue weighted by atomic mass is 10.1. The van der Waals surface area contributed by atoms with E-state index in [1.165, 1.54) is 0 Å². The van der Waals surface area contributed by atoms with E-state index in [-0.39, 0.29) is 0 Å². The second-order valence-electron chi connectivity index (χ2n) is 4.72. The molecular formula is C14H17N3S. The molecule has 3 N–H and O–H groups in total. The summed E-state index contributed by atoms with van der Waals surface area (Å²) in [7, 11) is 0. The zero-order chi connectivity index (χ0) is 13.1. The predicted molar refractivity (Wildman–Crippen MR) is 81.0 cm³/mol. The smallest absolute Gasteiger partial charge is 0.136 e. The third-order valence-electron chi connectivity index (χ3n) is 2.67. The van der Waals surface area contributed by atoms with Gasteiger partial charge in [0.25, 0.3) is 0 Å². The quantitative estimate of drug-likeness (QED) is 0.829. The largest absolute Gasteiger partial charge is 0.389 e. The number of benzene rings is 1. The van der Waals surface area contributed by atoms with E-state index in [1.54, 1.807) is 0 Å². The van der Waals surface area contributed by atoms with Gasteiger partial charge in [0.05, 0.1) is 11.1 Å². The average molecular weight is 259 g/mol. The van der Waals surface area contributed by atoms with Crippen LogP contribution in [0.15, 0.2) is 30.3 Å². The fraction of sp³-hybridized carbons (Fsp3) is 0.286. The molecule has 0 aliphatic carbocycles. The van der Waals surface area contributed by atoms with E-state index in [1.807, 2.05) is 30.3 Å². The fourth-order valence-electron chi connectivity index (χ4n) is 1.74. The number of anilines is 1. The van der Waals surface area contributed by atoms with E-state index in [9.17, 15) is 0 Å². The molecule has 0 fully saturated rings. The summed E-state index contributed by atoms with van der Waals surface area (Å²) in [6, 6.07) is 9.94. The Labute approximate surface area is 112 Å². The van der Waals surface area contributed by atoms with Crippen molar-refractivity contribution in [3.63, 3.8) is 0 Å². The van der Waals surface area contributed by atoms with Gasteiger partial charge in [0.15, 0.2) is 0 Å². The Morgan fingerprint density at radius 2 is 2.11 bits per heavy atom. The van der Waals surface area contributed by atoms with Gasteiger partial charge in [-0.05, 0) is 18.1 Å². The van der Waals surface area contributed by atoms with Gasteiger partial charge in [-0.25, -0.2) is 4.98 Å². The first-order valence-electron chi connectivity index (χ1n) is 6.01. The molecule has 0 aliphatic heterocycles. The number of fused-ring (bicyclic) bond motifs is 1. The molecule has 0 saturated heterocycles. The number of thiocarbonyl (C=S) groups is 1. The van der Waals surface area contributed by atoms with Crippen molar-refractivity contribution in [1.29, 1.82) is 0 Å². The molecule has 2 aromatic rings. The van der Waals surface area contributed by atoms with Crippen molar-refractivity contribution in [1.82, 2.24) is 4.98 Å². The lowest BCUT2D eigenvalue weighted by molar-refractivity contribution is 0.687. The van der Waals surface area contributed by atoms with Gasteiger partial charge in [0, 0.05) is 11.9 Å². The van der Waals surface area contributed by atoms with Crippen LogP contribution in [0.4, 0.5) is 5.82 Å². The summed E-state index contributed by atoms with van der Waals surface area (Å²) < 4.78 is 0. The lowest BCUT2D eigenvalue weighted by Crippen LogP contribution is -2.17. The second kappa shape index (κ2) is 5.31. The van der Waals surface area contributed by atoms with E-state index in [2.05, 4.69) is 24.1 Å². The van der Waals surface area contributed by atoms with Crippen LogP contribution >= 0.6 is 12.2 Å². The molecule has 0 amide bonds. The number of para-hydroxylation sites is 1. The third kappa shape index (κ3) is 2.76. The molecule has 2 rings (SSSR count). The summed E-state index contributed by atoms with van der Waals surface area (Å²) >= 11 is 5.09. The number of aromatic nitrogens is 1. The summed E-state index contributed by atoms with van der Waals surface area (Å²) in [6.45, 7) is 5.14. The van der Waals surface area contributed by atoms with Crippen LogP contribution in [0.5, 0.6) is 0 Å². The molecule has 1 aromatic heterocycles. The summed E-state index contributed by atoms with van der Waals surface area (Å²) in [5.41, 5.74) is 7.52. The molecule has 94 valence electrons. The maximum absolute atomic E-state index is 5.76. The SMILES string of the molecule is CC(C)CNc1nc2ccccc2cc1C(N)=S. The number of nitrogens with zero attached hydrogens (tertiary/aromatic N) is 1. The van der Waals surface area contributed by atoms with Crippen molar-refractivity contribution in [2.75, 3.05) is 11.9 Å². The lowest BCUT2D eigenvalue weighted by Gasteiger charge is -2.13. The molecule has 0 atom stereocenters. The highest BCUT2D eigenvalue weighted by atomic mass is 32.1. The Morgan fingerprint density at radius 1 is 1.39 bits per heavy atom. The number of nitrogens with two attached hydrogens (primary N) is 1. The van der Waals surface area contributed by atoms with Crippen molar-refractivity contribution in [3.05, 3.63) is 35.9 Å². The summed E-state index contributed by atoms with van der Waals surface area (Å²) in [5, 5.41) is 4.36. The van der Waals surface area contributed by atoms with Gasteiger partial charge in [-0.15, -0.1) is 0 Å². The Hall–Kier alpha value is -1.68. The van der Waals surface area contributed by atoms with Gasteiger partial charge in [0.1, 0.15) is 10.8 Å². The van der Waals surface area contributed by atoms with Crippen LogP contribution in [0.2, 0.25) is 0 Å². The van der Waals surface area contributed by atoms with Gasteiger partial charge < -0.3 is 11.1 Å². The van der Waals surface area contributed by atoms with Crippen molar-refractivity contribution < 1.29 is 0 Å². The van der Waals surface area contributed by atoms with Crippen LogP contribution in [-0.4, -0.2) is 16.5 Å². The molecule has 0 bridgehead atoms. The van der Waals surface area contributed by atoms with Gasteiger partial charge in [0.2, 0.25) is 0 Å². The van der Waals surface area contributed by atoms with Crippen LogP contribution < -0.4 is 11.1 Å². The minimum absolute atomic E-state index is 0.375. The molecule has 4 heteroatoms. The van der Waals surface area contributed by atoms with E-state index in [0.717, 1.165) is 28.8 Å². The summed E-state index contributed by atoms with van der Waals surface area (Å²) in [5.74, 6) is 1.31. The van der Waals surface area contributed by atoms with Gasteiger partial charge in [-0.1, -0.05) is 44.3 Å². The van der Waals surface area contributed by atoms with Crippen molar-refractivity contribution >= 4 is 33.9 Å². The zero-order valence-electron chi connectivity index (χ0n) is 10.6. The number of hydrogen-bond donors (Lipinski definition) is 2. The van der Waals surface area contributed by atoms with E-state index in [4.69, 9.17) is 18.0 Å². The Bertz CT molecular complexity index is 578. The first-order chi connectivity index (χ1) is 8.58. The first-order valence-corrected chi connectivity index (χ1v) is 6.42. The molecule has 0 radical (unpaired) electrons. The minimum Gasteiger partial charge on any atom is -0.389 e. The highest BCUT2D eigenvalue weighted by Gasteiger charge is 2.09. The molecular weight excluding hydrogens is 242 g/mol. The Kier molecular flexibility index (Phi) is 3.77. The first kappa shape index (κ1) is 12.8. The normalized spacial score (nSPS) is 10.8. The van der Waals surface area contributed by atoms with Gasteiger partial charge in [-0.2, -0.15) is 0 Å². The average Bonchev–Trinajstić information content (AvgIpc) is 2.35. The molecule has 0 spiro atoms. The van der Waals surface area contributed by atoms with E-state index in [0.29, 0.717) is 10.9 Å². The maximum atomic E-state index is 5.76. The molecule has 0 unspecified atom stereocenters. The Balaban J connectivity index is 2.47. The zero-order valence-corrected chi connectivity index (χ0v) is 11.4. The predicted octanol–water partition coefficient (Wildman–Crippen LogP) is 2.94. The van der Waals surface area contributed by atoms with Crippen LogP contribution in [0.25, 0.3) is 10.9 Å². The van der Waals surface area contributed by atoms with Gasteiger partial charge in [-0.3, -0.25) is 0 Å². The van der Waals surface area contributed by atoms with Crippen molar-refractivity contribution in [2.24, 2.45) is 11.7 Å². The number of rotatable bonds is 4. The van der Waals surface area contributed by atoms with Crippen molar-refractivity contribution in [3.8, 4) is 0 Å². The Morgan fingerprint density at radius 3 is 2.78 bits per heavy atom. The molecule has 3 nitrogen and oxygen atoms in total. The summed E-state index contributed by atoms with van der Waals surface area (Å²) in [4.78, 5) is 4.96. The molecule has 0 aliphatic rings. The highest BCUT2D eigenvalue weighted by Crippen LogP contribution is 2.20. The fourth-order valence-corrected chi connectivity index (χ4v) is 1.89. The van der Waals surface area contributed by atoms with Gasteiger partial charge >= 0.3 is 0 Å². The second-order valence-corrected chi connectivity index (χ2v) is 5.16. The monoisotopic (exact) mass is 259 g/mol. The summed E-state index contributed by atoms with van der Waals surface area (Å²) in [6.07, 6.45) is 0. The van der Waals surface area contributed by atoms with Crippen molar-refractivity contribution in [2.45, 2.75) is 13.8 Å².